The van der Waals surface area contributed by atoms with Gasteiger partial charge in [0, 0.05) is 26.1 Å². The standard InChI is InChI=1S/C12H22O2/c1-10(2)9-6-7-11(10,3)12(8-9,13-4)14-5/h9H,6-8H2,1-5H3/t9?,11-/m1/s1. The molecule has 0 N–H and O–H groups in total. The molecule has 2 aliphatic carbocycles. The molecule has 0 aromatic rings. The first-order chi connectivity index (χ1) is 6.43. The van der Waals surface area contributed by atoms with E-state index in [0.717, 1.165) is 12.3 Å². The monoisotopic (exact) mass is 198 g/mol. The van der Waals surface area contributed by atoms with E-state index in [4.69, 9.17) is 9.47 Å². The summed E-state index contributed by atoms with van der Waals surface area (Å²) in [5, 5.41) is 0. The molecule has 14 heavy (non-hydrogen) atoms. The van der Waals surface area contributed by atoms with Crippen LogP contribution in [0, 0.1) is 16.7 Å². The van der Waals surface area contributed by atoms with Crippen molar-refractivity contribution in [1.29, 1.82) is 0 Å². The lowest BCUT2D eigenvalue weighted by molar-refractivity contribution is -0.275. The summed E-state index contributed by atoms with van der Waals surface area (Å²) in [6.07, 6.45) is 3.62. The molecule has 0 saturated heterocycles. The maximum Gasteiger partial charge on any atom is 0.173 e. The quantitative estimate of drug-likeness (QED) is 0.635. The Morgan fingerprint density at radius 3 is 1.86 bits per heavy atom. The second-order valence-corrected chi connectivity index (χ2v) is 5.65. The van der Waals surface area contributed by atoms with Gasteiger partial charge in [0.15, 0.2) is 5.79 Å². The minimum absolute atomic E-state index is 0.175. The molecule has 2 atom stereocenters. The smallest absolute Gasteiger partial charge is 0.173 e. The summed E-state index contributed by atoms with van der Waals surface area (Å²) in [6.45, 7) is 7.06. The van der Waals surface area contributed by atoms with E-state index in [9.17, 15) is 0 Å². The molecule has 82 valence electrons. The number of methoxy groups -OCH3 is 2. The molecule has 0 spiro atoms. The second-order valence-electron chi connectivity index (χ2n) is 5.65. The Morgan fingerprint density at radius 1 is 1.07 bits per heavy atom. The molecule has 0 aliphatic heterocycles. The largest absolute Gasteiger partial charge is 0.353 e. The molecule has 2 fully saturated rings. The molecule has 2 nitrogen and oxygen atoms in total. The van der Waals surface area contributed by atoms with Crippen molar-refractivity contribution in [3.05, 3.63) is 0 Å². The number of hydrogen-bond donors (Lipinski definition) is 0. The van der Waals surface area contributed by atoms with Crippen LogP contribution in [0.1, 0.15) is 40.0 Å². The van der Waals surface area contributed by atoms with Crippen LogP contribution in [0.2, 0.25) is 0 Å². The molecule has 2 aliphatic rings. The molecule has 0 aromatic heterocycles. The SMILES string of the molecule is COC1(OC)CC2CC[C@]1(C)C2(C)C. The highest BCUT2D eigenvalue weighted by Crippen LogP contribution is 2.70. The molecular formula is C12H22O2. The van der Waals surface area contributed by atoms with Crippen molar-refractivity contribution in [3.8, 4) is 0 Å². The Balaban J connectivity index is 2.44. The minimum atomic E-state index is -0.334. The fourth-order valence-corrected chi connectivity index (χ4v) is 3.89. The topological polar surface area (TPSA) is 18.5 Å². The van der Waals surface area contributed by atoms with E-state index in [0.29, 0.717) is 5.41 Å². The van der Waals surface area contributed by atoms with Crippen molar-refractivity contribution < 1.29 is 9.47 Å². The molecule has 2 heteroatoms. The Bertz CT molecular complexity index is 243. The average Bonchev–Trinajstić information content (AvgIpc) is 2.48. The summed E-state index contributed by atoms with van der Waals surface area (Å²) >= 11 is 0. The zero-order valence-electron chi connectivity index (χ0n) is 10.0. The molecule has 0 radical (unpaired) electrons. The average molecular weight is 198 g/mol. The van der Waals surface area contributed by atoms with Gasteiger partial charge in [0.05, 0.1) is 0 Å². The molecule has 2 rings (SSSR count). The van der Waals surface area contributed by atoms with Crippen molar-refractivity contribution in [2.75, 3.05) is 14.2 Å². The van der Waals surface area contributed by atoms with Crippen LogP contribution in [0.3, 0.4) is 0 Å². The van der Waals surface area contributed by atoms with Gasteiger partial charge in [-0.15, -0.1) is 0 Å². The highest BCUT2D eigenvalue weighted by molar-refractivity contribution is 5.15. The van der Waals surface area contributed by atoms with E-state index in [-0.39, 0.29) is 11.2 Å². The van der Waals surface area contributed by atoms with Crippen molar-refractivity contribution in [3.63, 3.8) is 0 Å². The number of rotatable bonds is 2. The Labute approximate surface area is 87.0 Å². The molecule has 0 heterocycles. The molecule has 2 saturated carbocycles. The predicted molar refractivity (Wildman–Crippen MR) is 56.0 cm³/mol. The van der Waals surface area contributed by atoms with Gasteiger partial charge in [0.2, 0.25) is 0 Å². The third-order valence-corrected chi connectivity index (χ3v) is 5.45. The van der Waals surface area contributed by atoms with Crippen LogP contribution in [0.15, 0.2) is 0 Å². The summed E-state index contributed by atoms with van der Waals surface area (Å²) in [5.74, 6) is 0.423. The van der Waals surface area contributed by atoms with Gasteiger partial charge in [0.25, 0.3) is 0 Å². The summed E-state index contributed by atoms with van der Waals surface area (Å²) in [4.78, 5) is 0. The first-order valence-corrected chi connectivity index (χ1v) is 5.54. The van der Waals surface area contributed by atoms with E-state index >= 15 is 0 Å². The normalized spacial score (nSPS) is 43.1. The van der Waals surface area contributed by atoms with Crippen LogP contribution >= 0.6 is 0 Å². The van der Waals surface area contributed by atoms with Crippen LogP contribution in [0.5, 0.6) is 0 Å². The zero-order valence-corrected chi connectivity index (χ0v) is 10.0. The number of ether oxygens (including phenoxy) is 2. The van der Waals surface area contributed by atoms with Gasteiger partial charge in [-0.3, -0.25) is 0 Å². The van der Waals surface area contributed by atoms with Crippen LogP contribution in [0.4, 0.5) is 0 Å². The maximum absolute atomic E-state index is 5.70. The van der Waals surface area contributed by atoms with E-state index in [1.54, 1.807) is 14.2 Å². The van der Waals surface area contributed by atoms with Crippen LogP contribution in [-0.4, -0.2) is 20.0 Å². The van der Waals surface area contributed by atoms with Gasteiger partial charge < -0.3 is 9.47 Å². The Kier molecular flexibility index (Phi) is 2.04. The lowest BCUT2D eigenvalue weighted by Crippen LogP contribution is -2.50. The van der Waals surface area contributed by atoms with E-state index in [1.165, 1.54) is 12.8 Å². The van der Waals surface area contributed by atoms with E-state index in [2.05, 4.69) is 20.8 Å². The van der Waals surface area contributed by atoms with Crippen LogP contribution < -0.4 is 0 Å². The van der Waals surface area contributed by atoms with Crippen molar-refractivity contribution >= 4 is 0 Å². The van der Waals surface area contributed by atoms with Gasteiger partial charge in [-0.1, -0.05) is 20.8 Å². The summed E-state index contributed by atoms with van der Waals surface area (Å²) < 4.78 is 11.4. The van der Waals surface area contributed by atoms with E-state index in [1.807, 2.05) is 0 Å². The third-order valence-electron chi connectivity index (χ3n) is 5.45. The number of fused-ring (bicyclic) bond motifs is 2. The van der Waals surface area contributed by atoms with Crippen molar-refractivity contribution in [1.82, 2.24) is 0 Å². The lowest BCUT2D eigenvalue weighted by atomic mass is 9.68. The lowest BCUT2D eigenvalue weighted by Gasteiger charge is -2.46. The first-order valence-electron chi connectivity index (χ1n) is 5.54. The minimum Gasteiger partial charge on any atom is -0.353 e. The van der Waals surface area contributed by atoms with Gasteiger partial charge >= 0.3 is 0 Å². The molecule has 0 amide bonds. The molecule has 1 unspecified atom stereocenters. The highest BCUT2D eigenvalue weighted by atomic mass is 16.7. The van der Waals surface area contributed by atoms with Crippen molar-refractivity contribution in [2.45, 2.75) is 45.8 Å². The van der Waals surface area contributed by atoms with Gasteiger partial charge in [-0.25, -0.2) is 0 Å². The second kappa shape index (κ2) is 2.73. The summed E-state index contributed by atoms with van der Waals surface area (Å²) in [6, 6.07) is 0. The molecular weight excluding hydrogens is 176 g/mol. The van der Waals surface area contributed by atoms with E-state index < -0.39 is 0 Å². The van der Waals surface area contributed by atoms with Gasteiger partial charge in [-0.2, -0.15) is 0 Å². The summed E-state index contributed by atoms with van der Waals surface area (Å²) in [7, 11) is 3.57. The fraction of sp³-hybridized carbons (Fsp3) is 1.00. The van der Waals surface area contributed by atoms with Crippen LogP contribution in [-0.2, 0) is 9.47 Å². The van der Waals surface area contributed by atoms with Crippen molar-refractivity contribution in [2.24, 2.45) is 16.7 Å². The fourth-order valence-electron chi connectivity index (χ4n) is 3.89. The molecule has 0 aromatic carbocycles. The Morgan fingerprint density at radius 2 is 1.64 bits per heavy atom. The van der Waals surface area contributed by atoms with Gasteiger partial charge in [-0.05, 0) is 24.2 Å². The summed E-state index contributed by atoms with van der Waals surface area (Å²) in [5.41, 5.74) is 0.521. The molecule has 2 bridgehead atoms. The predicted octanol–water partition coefficient (Wildman–Crippen LogP) is 2.82. The maximum atomic E-state index is 5.70. The van der Waals surface area contributed by atoms with Gasteiger partial charge in [0.1, 0.15) is 0 Å². The van der Waals surface area contributed by atoms with Crippen LogP contribution in [0.25, 0.3) is 0 Å². The zero-order chi connectivity index (χ0) is 10.6. The third kappa shape index (κ3) is 0.849. The highest BCUT2D eigenvalue weighted by Gasteiger charge is 2.70. The Hall–Kier alpha value is -0.0800. The number of hydrogen-bond acceptors (Lipinski definition) is 2. The first kappa shape index (κ1) is 10.4.